The maximum Gasteiger partial charge on any atom is 0.275 e. The Hall–Kier alpha value is -3.63. The van der Waals surface area contributed by atoms with Crippen LogP contribution >= 0.6 is 11.3 Å². The van der Waals surface area contributed by atoms with Gasteiger partial charge >= 0.3 is 0 Å². The number of aromatic nitrogens is 4. The Kier molecular flexibility index (Phi) is 6.09. The molecular formula is C26H29N5O4S. The summed E-state index contributed by atoms with van der Waals surface area (Å²) in [5.74, 6) is 1.06. The number of rotatable bonds is 6. The van der Waals surface area contributed by atoms with Crippen LogP contribution in [-0.4, -0.2) is 61.3 Å². The van der Waals surface area contributed by atoms with Crippen molar-refractivity contribution in [1.82, 2.24) is 24.5 Å². The largest absolute Gasteiger partial charge is 0.496 e. The highest BCUT2D eigenvalue weighted by Gasteiger charge is 2.36. The van der Waals surface area contributed by atoms with Gasteiger partial charge in [0.1, 0.15) is 18.1 Å². The van der Waals surface area contributed by atoms with Crippen molar-refractivity contribution in [1.29, 1.82) is 0 Å². The second-order valence-electron chi connectivity index (χ2n) is 9.63. The third kappa shape index (κ3) is 4.06. The molecule has 1 amide bonds. The SMILES string of the molecule is COc1cc2c(cc1-c1ccn(C)n1)-c1c(c(C(=O)N(CCO)C(C)(C)C)nn1-c1ccsc1)CO2. The number of aryl methyl sites for hydroxylation is 1. The molecule has 3 aromatic heterocycles. The number of hydrogen-bond acceptors (Lipinski definition) is 7. The van der Waals surface area contributed by atoms with Crippen molar-refractivity contribution in [2.75, 3.05) is 20.3 Å². The van der Waals surface area contributed by atoms with Gasteiger partial charge in [-0.2, -0.15) is 21.5 Å². The summed E-state index contributed by atoms with van der Waals surface area (Å²) >= 11 is 1.56. The highest BCUT2D eigenvalue weighted by atomic mass is 32.1. The van der Waals surface area contributed by atoms with E-state index in [9.17, 15) is 9.90 Å². The van der Waals surface area contributed by atoms with Gasteiger partial charge in [-0.05, 0) is 44.4 Å². The lowest BCUT2D eigenvalue weighted by atomic mass is 9.97. The number of aliphatic hydroxyl groups excluding tert-OH is 1. The molecule has 0 radical (unpaired) electrons. The lowest BCUT2D eigenvalue weighted by Gasteiger charge is -2.35. The van der Waals surface area contributed by atoms with Crippen LogP contribution in [0, 0.1) is 0 Å². The Morgan fingerprint density at radius 3 is 2.67 bits per heavy atom. The van der Waals surface area contributed by atoms with Crippen LogP contribution in [0.1, 0.15) is 36.8 Å². The molecule has 0 bridgehead atoms. The molecule has 0 aliphatic carbocycles. The minimum Gasteiger partial charge on any atom is -0.496 e. The van der Waals surface area contributed by atoms with E-state index < -0.39 is 5.54 Å². The summed E-state index contributed by atoms with van der Waals surface area (Å²) in [6, 6.07) is 7.75. The van der Waals surface area contributed by atoms with Crippen molar-refractivity contribution in [3.63, 3.8) is 0 Å². The predicted octanol–water partition coefficient (Wildman–Crippen LogP) is 4.14. The Balaban J connectivity index is 1.73. The van der Waals surface area contributed by atoms with E-state index in [1.165, 1.54) is 0 Å². The number of carbonyl (C=O) groups excluding carboxylic acids is 1. The van der Waals surface area contributed by atoms with E-state index >= 15 is 0 Å². The molecule has 4 heterocycles. The zero-order valence-electron chi connectivity index (χ0n) is 21.0. The van der Waals surface area contributed by atoms with Crippen molar-refractivity contribution in [2.24, 2.45) is 7.05 Å². The number of thiophene rings is 1. The number of nitrogens with zero attached hydrogens (tertiary/aromatic N) is 5. The maximum atomic E-state index is 13.8. The van der Waals surface area contributed by atoms with E-state index in [1.807, 2.05) is 73.7 Å². The van der Waals surface area contributed by atoms with Crippen LogP contribution in [0.2, 0.25) is 0 Å². The molecule has 9 nitrogen and oxygen atoms in total. The van der Waals surface area contributed by atoms with Crippen LogP contribution < -0.4 is 9.47 Å². The number of aliphatic hydroxyl groups is 1. The molecule has 0 spiro atoms. The Labute approximate surface area is 213 Å². The predicted molar refractivity (Wildman–Crippen MR) is 138 cm³/mol. The molecule has 5 rings (SSSR count). The van der Waals surface area contributed by atoms with Gasteiger partial charge in [0.15, 0.2) is 5.69 Å². The van der Waals surface area contributed by atoms with E-state index in [1.54, 1.807) is 28.0 Å². The van der Waals surface area contributed by atoms with Crippen molar-refractivity contribution < 1.29 is 19.4 Å². The van der Waals surface area contributed by atoms with Crippen molar-refractivity contribution in [3.05, 3.63) is 52.5 Å². The molecule has 0 atom stereocenters. The molecule has 0 fully saturated rings. The Morgan fingerprint density at radius 1 is 1.25 bits per heavy atom. The second kappa shape index (κ2) is 9.11. The van der Waals surface area contributed by atoms with Crippen LogP contribution in [0.5, 0.6) is 11.5 Å². The second-order valence-corrected chi connectivity index (χ2v) is 10.4. The summed E-state index contributed by atoms with van der Waals surface area (Å²) < 4.78 is 15.4. The van der Waals surface area contributed by atoms with E-state index in [4.69, 9.17) is 14.6 Å². The first-order valence-electron chi connectivity index (χ1n) is 11.7. The van der Waals surface area contributed by atoms with Crippen LogP contribution in [0.25, 0.3) is 28.2 Å². The first-order chi connectivity index (χ1) is 17.2. The summed E-state index contributed by atoms with van der Waals surface area (Å²) in [5, 5.41) is 23.0. The molecule has 0 unspecified atom stereocenters. The van der Waals surface area contributed by atoms with Crippen LogP contribution in [0.3, 0.4) is 0 Å². The van der Waals surface area contributed by atoms with Crippen LogP contribution in [0.15, 0.2) is 41.2 Å². The number of benzene rings is 1. The zero-order chi connectivity index (χ0) is 25.6. The topological polar surface area (TPSA) is 94.6 Å². The van der Waals surface area contributed by atoms with Crippen molar-refractivity contribution in [3.8, 4) is 39.7 Å². The van der Waals surface area contributed by atoms with Gasteiger partial charge in [-0.1, -0.05) is 0 Å². The van der Waals surface area contributed by atoms with E-state index in [-0.39, 0.29) is 25.7 Å². The molecule has 1 aliphatic rings. The minimum atomic E-state index is -0.494. The first-order valence-corrected chi connectivity index (χ1v) is 12.6. The molecule has 1 aromatic carbocycles. The van der Waals surface area contributed by atoms with Gasteiger partial charge in [0.25, 0.3) is 5.91 Å². The minimum absolute atomic E-state index is 0.136. The fourth-order valence-corrected chi connectivity index (χ4v) is 5.13. The lowest BCUT2D eigenvalue weighted by Crippen LogP contribution is -2.47. The number of ether oxygens (including phenoxy) is 2. The van der Waals surface area contributed by atoms with Crippen LogP contribution in [0.4, 0.5) is 0 Å². The Bertz CT molecular complexity index is 1410. The highest BCUT2D eigenvalue weighted by Crippen LogP contribution is 2.46. The van der Waals surface area contributed by atoms with Gasteiger partial charge in [-0.15, -0.1) is 0 Å². The molecule has 0 saturated carbocycles. The van der Waals surface area contributed by atoms with E-state index in [2.05, 4.69) is 5.10 Å². The molecule has 188 valence electrons. The fourth-order valence-electron chi connectivity index (χ4n) is 4.51. The Morgan fingerprint density at radius 2 is 2.06 bits per heavy atom. The summed E-state index contributed by atoms with van der Waals surface area (Å²) in [7, 11) is 3.49. The zero-order valence-corrected chi connectivity index (χ0v) is 21.8. The fraction of sp³-hybridized carbons (Fsp3) is 0.346. The summed E-state index contributed by atoms with van der Waals surface area (Å²) in [4.78, 5) is 15.4. The number of β-amino-alcohol motifs (C(OH)–C–C–N with tert-alkyl or cyclic N) is 1. The standard InChI is InChI=1S/C26H29N5O4S/c1-26(2,3)30(9-10-32)25(33)23-19-14-35-22-13-21(34-5)17(20-6-8-29(4)27-20)12-18(22)24(19)31(28-23)16-7-11-36-15-16/h6-8,11-13,15,32H,9-10,14H2,1-5H3. The number of amides is 1. The number of methoxy groups -OCH3 is 1. The highest BCUT2D eigenvalue weighted by molar-refractivity contribution is 7.08. The van der Waals surface area contributed by atoms with Gasteiger partial charge in [0.05, 0.1) is 30.8 Å². The average molecular weight is 508 g/mol. The van der Waals surface area contributed by atoms with Gasteiger partial charge in [0, 0.05) is 53.5 Å². The molecular weight excluding hydrogens is 478 g/mol. The summed E-state index contributed by atoms with van der Waals surface area (Å²) in [6.07, 6.45) is 1.88. The molecule has 1 N–H and O–H groups in total. The molecule has 1 aliphatic heterocycles. The van der Waals surface area contributed by atoms with Crippen molar-refractivity contribution in [2.45, 2.75) is 32.9 Å². The van der Waals surface area contributed by atoms with Crippen molar-refractivity contribution >= 4 is 17.2 Å². The van der Waals surface area contributed by atoms with E-state index in [0.29, 0.717) is 22.8 Å². The molecule has 10 heteroatoms. The number of carbonyl (C=O) groups is 1. The smallest absolute Gasteiger partial charge is 0.275 e. The quantitative estimate of drug-likeness (QED) is 0.422. The number of hydrogen-bond donors (Lipinski definition) is 1. The molecule has 4 aromatic rings. The van der Waals surface area contributed by atoms with E-state index in [0.717, 1.165) is 28.2 Å². The van der Waals surface area contributed by atoms with Gasteiger partial charge in [0.2, 0.25) is 0 Å². The lowest BCUT2D eigenvalue weighted by molar-refractivity contribution is 0.0518. The summed E-state index contributed by atoms with van der Waals surface area (Å²) in [6.45, 7) is 6.10. The monoisotopic (exact) mass is 507 g/mol. The first kappa shape index (κ1) is 24.1. The maximum absolute atomic E-state index is 13.8. The number of fused-ring (bicyclic) bond motifs is 3. The average Bonchev–Trinajstić information content (AvgIpc) is 3.60. The van der Waals surface area contributed by atoms with Crippen LogP contribution in [-0.2, 0) is 13.7 Å². The van der Waals surface area contributed by atoms with Gasteiger partial charge < -0.3 is 19.5 Å². The summed E-state index contributed by atoms with van der Waals surface area (Å²) in [5.41, 5.74) is 4.59. The van der Waals surface area contributed by atoms with Gasteiger partial charge in [-0.25, -0.2) is 4.68 Å². The molecule has 0 saturated heterocycles. The van der Waals surface area contributed by atoms with Gasteiger partial charge in [-0.3, -0.25) is 9.48 Å². The molecule has 36 heavy (non-hydrogen) atoms. The normalized spacial score (nSPS) is 12.6. The third-order valence-electron chi connectivity index (χ3n) is 6.23. The third-order valence-corrected chi connectivity index (χ3v) is 6.90.